The number of rotatable bonds is 6. The molecule has 1 fully saturated rings. The fourth-order valence-electron chi connectivity index (χ4n) is 3.14. The molecule has 6 heteroatoms. The van der Waals surface area contributed by atoms with Crippen LogP contribution in [0.1, 0.15) is 16.8 Å². The maximum atomic E-state index is 13.3. The second kappa shape index (κ2) is 9.14. The lowest BCUT2D eigenvalue weighted by atomic mass is 10.2. The third-order valence-electron chi connectivity index (χ3n) is 4.60. The van der Waals surface area contributed by atoms with Crippen LogP contribution in [0.3, 0.4) is 0 Å². The Labute approximate surface area is 162 Å². The molecule has 0 atom stereocenters. The summed E-state index contributed by atoms with van der Waals surface area (Å²) in [6, 6.07) is 14.6. The number of para-hydroxylation sites is 1. The number of nitrogens with one attached hydrogen (secondary N) is 1. The molecule has 1 saturated heterocycles. The molecule has 26 heavy (non-hydrogen) atoms. The molecule has 0 radical (unpaired) electrons. The number of piperazine rings is 1. The number of hydrogen-bond acceptors (Lipinski definition) is 3. The number of amides is 1. The SMILES string of the molecule is O=C(NCCCN1CCN(c2ccccc2)CC1)c1cc(F)ccc1Br. The van der Waals surface area contributed by atoms with E-state index < -0.39 is 5.82 Å². The Morgan fingerprint density at radius 2 is 1.81 bits per heavy atom. The smallest absolute Gasteiger partial charge is 0.252 e. The number of carbonyl (C=O) groups excluding carboxylic acids is 1. The van der Waals surface area contributed by atoms with Crippen LogP contribution in [0, 0.1) is 5.82 Å². The van der Waals surface area contributed by atoms with Gasteiger partial charge in [0.1, 0.15) is 5.82 Å². The molecular formula is C20H23BrFN3O. The normalized spacial score (nSPS) is 15.1. The van der Waals surface area contributed by atoms with Gasteiger partial charge in [0.2, 0.25) is 0 Å². The van der Waals surface area contributed by atoms with Crippen molar-refractivity contribution in [3.63, 3.8) is 0 Å². The van der Waals surface area contributed by atoms with Gasteiger partial charge in [0, 0.05) is 42.9 Å². The van der Waals surface area contributed by atoms with E-state index in [1.165, 1.54) is 17.8 Å². The van der Waals surface area contributed by atoms with E-state index in [0.29, 0.717) is 16.6 Å². The van der Waals surface area contributed by atoms with Crippen LogP contribution in [0.15, 0.2) is 53.0 Å². The average molecular weight is 420 g/mol. The molecule has 1 aliphatic rings. The van der Waals surface area contributed by atoms with Crippen LogP contribution >= 0.6 is 15.9 Å². The molecule has 1 amide bonds. The number of nitrogens with zero attached hydrogens (tertiary/aromatic N) is 2. The lowest BCUT2D eigenvalue weighted by Crippen LogP contribution is -2.47. The van der Waals surface area contributed by atoms with Gasteiger partial charge in [-0.2, -0.15) is 0 Å². The maximum Gasteiger partial charge on any atom is 0.252 e. The summed E-state index contributed by atoms with van der Waals surface area (Å²) in [4.78, 5) is 17.0. The summed E-state index contributed by atoms with van der Waals surface area (Å²) >= 11 is 3.29. The van der Waals surface area contributed by atoms with E-state index in [-0.39, 0.29) is 5.91 Å². The van der Waals surface area contributed by atoms with E-state index in [4.69, 9.17) is 0 Å². The van der Waals surface area contributed by atoms with E-state index in [1.807, 2.05) is 6.07 Å². The van der Waals surface area contributed by atoms with E-state index >= 15 is 0 Å². The second-order valence-corrected chi connectivity index (χ2v) is 7.25. The lowest BCUT2D eigenvalue weighted by Gasteiger charge is -2.36. The van der Waals surface area contributed by atoms with Gasteiger partial charge in [-0.15, -0.1) is 0 Å². The van der Waals surface area contributed by atoms with Crippen LogP contribution in [-0.4, -0.2) is 50.1 Å². The lowest BCUT2D eigenvalue weighted by molar-refractivity contribution is 0.0950. The van der Waals surface area contributed by atoms with Crippen LogP contribution < -0.4 is 10.2 Å². The standard InChI is InChI=1S/C20H23BrFN3O/c21-19-8-7-16(22)15-18(19)20(26)23-9-4-10-24-11-13-25(14-12-24)17-5-2-1-3-6-17/h1-3,5-8,15H,4,9-14H2,(H,23,26). The van der Waals surface area contributed by atoms with Gasteiger partial charge in [0.15, 0.2) is 0 Å². The third kappa shape index (κ3) is 5.05. The highest BCUT2D eigenvalue weighted by atomic mass is 79.9. The first-order valence-electron chi connectivity index (χ1n) is 8.89. The molecule has 0 unspecified atom stereocenters. The summed E-state index contributed by atoms with van der Waals surface area (Å²) in [5, 5.41) is 2.87. The number of carbonyl (C=O) groups is 1. The van der Waals surface area contributed by atoms with Crippen molar-refractivity contribution >= 4 is 27.5 Å². The van der Waals surface area contributed by atoms with E-state index in [9.17, 15) is 9.18 Å². The average Bonchev–Trinajstić information content (AvgIpc) is 2.68. The Kier molecular flexibility index (Phi) is 6.63. The van der Waals surface area contributed by atoms with Crippen LogP contribution in [0.5, 0.6) is 0 Å². The summed E-state index contributed by atoms with van der Waals surface area (Å²) in [5.41, 5.74) is 1.61. The van der Waals surface area contributed by atoms with Gasteiger partial charge in [-0.1, -0.05) is 18.2 Å². The number of halogens is 2. The van der Waals surface area contributed by atoms with Crippen molar-refractivity contribution in [1.82, 2.24) is 10.2 Å². The van der Waals surface area contributed by atoms with E-state index in [1.54, 1.807) is 6.07 Å². The minimum atomic E-state index is -0.408. The van der Waals surface area contributed by atoms with Crippen molar-refractivity contribution < 1.29 is 9.18 Å². The zero-order valence-electron chi connectivity index (χ0n) is 14.6. The third-order valence-corrected chi connectivity index (χ3v) is 5.29. The van der Waals surface area contributed by atoms with Gasteiger partial charge < -0.3 is 10.2 Å². The van der Waals surface area contributed by atoms with Gasteiger partial charge in [0.05, 0.1) is 5.56 Å². The molecule has 1 aliphatic heterocycles. The first-order valence-corrected chi connectivity index (χ1v) is 9.68. The van der Waals surface area contributed by atoms with Crippen LogP contribution in [0.25, 0.3) is 0 Å². The summed E-state index contributed by atoms with van der Waals surface area (Å²) in [7, 11) is 0. The Morgan fingerprint density at radius 1 is 1.08 bits per heavy atom. The Bertz CT molecular complexity index is 733. The summed E-state index contributed by atoms with van der Waals surface area (Å²) in [6.07, 6.45) is 0.879. The summed E-state index contributed by atoms with van der Waals surface area (Å²) in [5.74, 6) is -0.653. The zero-order chi connectivity index (χ0) is 18.4. The molecule has 1 heterocycles. The largest absolute Gasteiger partial charge is 0.369 e. The predicted octanol–water partition coefficient (Wildman–Crippen LogP) is 3.53. The predicted molar refractivity (Wildman–Crippen MR) is 106 cm³/mol. The highest BCUT2D eigenvalue weighted by Crippen LogP contribution is 2.18. The van der Waals surface area contributed by atoms with Gasteiger partial charge in [-0.3, -0.25) is 9.69 Å². The minimum Gasteiger partial charge on any atom is -0.369 e. The molecule has 0 saturated carbocycles. The zero-order valence-corrected chi connectivity index (χ0v) is 16.2. The quantitative estimate of drug-likeness (QED) is 0.727. The molecule has 2 aromatic carbocycles. The van der Waals surface area contributed by atoms with Crippen molar-refractivity contribution in [3.05, 3.63) is 64.4 Å². The Morgan fingerprint density at radius 3 is 2.54 bits per heavy atom. The maximum absolute atomic E-state index is 13.3. The van der Waals surface area contributed by atoms with Crippen molar-refractivity contribution in [2.45, 2.75) is 6.42 Å². The molecule has 0 aromatic heterocycles. The molecule has 138 valence electrons. The van der Waals surface area contributed by atoms with Gasteiger partial charge >= 0.3 is 0 Å². The van der Waals surface area contributed by atoms with E-state index in [2.05, 4.69) is 55.3 Å². The monoisotopic (exact) mass is 419 g/mol. The van der Waals surface area contributed by atoms with Gasteiger partial charge in [0.25, 0.3) is 5.91 Å². The number of hydrogen-bond donors (Lipinski definition) is 1. The molecule has 0 spiro atoms. The minimum absolute atomic E-state index is 0.245. The van der Waals surface area contributed by atoms with Crippen molar-refractivity contribution in [1.29, 1.82) is 0 Å². The van der Waals surface area contributed by atoms with Crippen molar-refractivity contribution in [2.75, 3.05) is 44.2 Å². The molecule has 4 nitrogen and oxygen atoms in total. The summed E-state index contributed by atoms with van der Waals surface area (Å²) < 4.78 is 13.9. The molecule has 0 bridgehead atoms. The Hall–Kier alpha value is -1.92. The summed E-state index contributed by atoms with van der Waals surface area (Å²) in [6.45, 7) is 5.63. The van der Waals surface area contributed by atoms with Crippen LogP contribution in [-0.2, 0) is 0 Å². The Balaban J connectivity index is 1.37. The van der Waals surface area contributed by atoms with Crippen LogP contribution in [0.4, 0.5) is 10.1 Å². The molecular weight excluding hydrogens is 397 g/mol. The molecule has 1 N–H and O–H groups in total. The topological polar surface area (TPSA) is 35.6 Å². The fraction of sp³-hybridized carbons (Fsp3) is 0.350. The van der Waals surface area contributed by atoms with Crippen LogP contribution in [0.2, 0.25) is 0 Å². The van der Waals surface area contributed by atoms with Gasteiger partial charge in [-0.25, -0.2) is 4.39 Å². The fourth-order valence-corrected chi connectivity index (χ4v) is 3.57. The van der Waals surface area contributed by atoms with Crippen molar-refractivity contribution in [2.24, 2.45) is 0 Å². The first-order chi connectivity index (χ1) is 12.6. The van der Waals surface area contributed by atoms with Gasteiger partial charge in [-0.05, 0) is 59.2 Å². The molecule has 0 aliphatic carbocycles. The number of anilines is 1. The first kappa shape index (κ1) is 18.9. The highest BCUT2D eigenvalue weighted by Gasteiger charge is 2.17. The number of benzene rings is 2. The molecule has 3 rings (SSSR count). The molecule has 2 aromatic rings. The van der Waals surface area contributed by atoms with Crippen molar-refractivity contribution in [3.8, 4) is 0 Å². The highest BCUT2D eigenvalue weighted by molar-refractivity contribution is 9.10. The van der Waals surface area contributed by atoms with E-state index in [0.717, 1.165) is 39.1 Å². The second-order valence-electron chi connectivity index (χ2n) is 6.40.